The number of benzene rings is 1. The Morgan fingerprint density at radius 1 is 1.25 bits per heavy atom. The number of para-hydroxylation sites is 2. The van der Waals surface area contributed by atoms with Crippen molar-refractivity contribution in [3.63, 3.8) is 0 Å². The molecule has 1 unspecified atom stereocenters. The molecule has 0 amide bonds. The van der Waals surface area contributed by atoms with Gasteiger partial charge in [-0.1, -0.05) is 18.2 Å². The topological polar surface area (TPSA) is 27.1 Å². The van der Waals surface area contributed by atoms with Gasteiger partial charge in [-0.15, -0.1) is 11.3 Å². The van der Waals surface area contributed by atoms with Gasteiger partial charge in [-0.25, -0.2) is 4.98 Å². The summed E-state index contributed by atoms with van der Waals surface area (Å²) >= 11 is 1.74. The molecule has 0 spiro atoms. The molecule has 20 heavy (non-hydrogen) atoms. The third kappa shape index (κ3) is 2.05. The van der Waals surface area contributed by atoms with Gasteiger partial charge in [-0.2, -0.15) is 0 Å². The number of imidazole rings is 1. The molecule has 0 radical (unpaired) electrons. The number of fused-ring (bicyclic) bond motifs is 1. The normalized spacial score (nSPS) is 18.9. The van der Waals surface area contributed by atoms with E-state index < -0.39 is 0 Å². The molecular formula is C16H16N2OS. The van der Waals surface area contributed by atoms with Gasteiger partial charge in [0.05, 0.1) is 28.6 Å². The molecule has 1 fully saturated rings. The van der Waals surface area contributed by atoms with Crippen molar-refractivity contribution in [2.75, 3.05) is 6.61 Å². The second kappa shape index (κ2) is 5.04. The minimum absolute atomic E-state index is 0.325. The highest BCUT2D eigenvalue weighted by Gasteiger charge is 2.20. The summed E-state index contributed by atoms with van der Waals surface area (Å²) in [5, 5.41) is 2.10. The van der Waals surface area contributed by atoms with Crippen molar-refractivity contribution in [1.29, 1.82) is 0 Å². The largest absolute Gasteiger partial charge is 0.376 e. The lowest BCUT2D eigenvalue weighted by molar-refractivity contribution is 0.0983. The smallest absolute Gasteiger partial charge is 0.151 e. The van der Waals surface area contributed by atoms with Crippen molar-refractivity contribution in [3.05, 3.63) is 41.8 Å². The lowest BCUT2D eigenvalue weighted by atomic mass is 10.2. The summed E-state index contributed by atoms with van der Waals surface area (Å²) < 4.78 is 8.12. The molecule has 1 aromatic carbocycles. The van der Waals surface area contributed by atoms with E-state index in [1.165, 1.54) is 16.8 Å². The maximum Gasteiger partial charge on any atom is 0.151 e. The molecule has 1 saturated heterocycles. The minimum atomic E-state index is 0.325. The molecule has 1 aliphatic rings. The van der Waals surface area contributed by atoms with E-state index in [9.17, 15) is 0 Å². The summed E-state index contributed by atoms with van der Waals surface area (Å²) in [7, 11) is 0. The zero-order chi connectivity index (χ0) is 13.4. The Labute approximate surface area is 121 Å². The van der Waals surface area contributed by atoms with E-state index >= 15 is 0 Å². The van der Waals surface area contributed by atoms with Crippen LogP contribution >= 0.6 is 11.3 Å². The number of thiophene rings is 1. The fourth-order valence-electron chi connectivity index (χ4n) is 2.85. The molecule has 0 saturated carbocycles. The number of rotatable bonds is 3. The predicted octanol–water partition coefficient (Wildman–Crippen LogP) is 3.94. The first-order chi connectivity index (χ1) is 9.92. The molecule has 2 aromatic heterocycles. The summed E-state index contributed by atoms with van der Waals surface area (Å²) in [6, 6.07) is 12.6. The van der Waals surface area contributed by atoms with Crippen molar-refractivity contribution in [3.8, 4) is 10.7 Å². The first kappa shape index (κ1) is 12.1. The van der Waals surface area contributed by atoms with Gasteiger partial charge < -0.3 is 9.30 Å². The van der Waals surface area contributed by atoms with E-state index in [1.54, 1.807) is 11.3 Å². The zero-order valence-corrected chi connectivity index (χ0v) is 12.0. The SMILES string of the molecule is c1csc(-c2nc3ccccc3n2CC2CCCO2)c1. The van der Waals surface area contributed by atoms with Crippen LogP contribution in [0.5, 0.6) is 0 Å². The van der Waals surface area contributed by atoms with E-state index in [-0.39, 0.29) is 0 Å². The van der Waals surface area contributed by atoms with Gasteiger partial charge in [0.25, 0.3) is 0 Å². The lowest BCUT2D eigenvalue weighted by Crippen LogP contribution is -2.15. The molecule has 0 aliphatic carbocycles. The number of hydrogen-bond acceptors (Lipinski definition) is 3. The van der Waals surface area contributed by atoms with Crippen LogP contribution in [0, 0.1) is 0 Å². The standard InChI is InChI=1S/C16H16N2OS/c1-2-7-14-13(6-1)17-16(15-8-4-10-20-15)18(14)11-12-5-3-9-19-12/h1-2,4,6-8,10,12H,3,5,9,11H2. The molecule has 3 nitrogen and oxygen atoms in total. The fourth-order valence-corrected chi connectivity index (χ4v) is 3.57. The molecule has 0 bridgehead atoms. The molecule has 1 aliphatic heterocycles. The quantitative estimate of drug-likeness (QED) is 0.728. The Balaban J connectivity index is 1.84. The minimum Gasteiger partial charge on any atom is -0.376 e. The third-order valence-corrected chi connectivity index (χ3v) is 4.67. The molecule has 3 heterocycles. The summed E-state index contributed by atoms with van der Waals surface area (Å²) in [6.45, 7) is 1.79. The highest BCUT2D eigenvalue weighted by molar-refractivity contribution is 7.13. The predicted molar refractivity (Wildman–Crippen MR) is 82.0 cm³/mol. The Morgan fingerprint density at radius 3 is 3.00 bits per heavy atom. The highest BCUT2D eigenvalue weighted by Crippen LogP contribution is 2.29. The average molecular weight is 284 g/mol. The van der Waals surface area contributed by atoms with Crippen LogP contribution in [0.15, 0.2) is 41.8 Å². The van der Waals surface area contributed by atoms with Crippen molar-refractivity contribution < 1.29 is 4.74 Å². The van der Waals surface area contributed by atoms with Crippen LogP contribution in [0.3, 0.4) is 0 Å². The van der Waals surface area contributed by atoms with Gasteiger partial charge >= 0.3 is 0 Å². The maximum absolute atomic E-state index is 5.80. The Morgan fingerprint density at radius 2 is 2.20 bits per heavy atom. The van der Waals surface area contributed by atoms with Crippen LogP contribution in [0.1, 0.15) is 12.8 Å². The molecule has 4 heteroatoms. The second-order valence-corrected chi connectivity index (χ2v) is 6.09. The first-order valence-electron chi connectivity index (χ1n) is 7.02. The van der Waals surface area contributed by atoms with Gasteiger partial charge in [0.15, 0.2) is 5.82 Å². The molecule has 102 valence electrons. The monoisotopic (exact) mass is 284 g/mol. The van der Waals surface area contributed by atoms with E-state index in [0.717, 1.165) is 30.9 Å². The van der Waals surface area contributed by atoms with Crippen molar-refractivity contribution >= 4 is 22.4 Å². The third-order valence-electron chi connectivity index (χ3n) is 3.81. The molecule has 4 rings (SSSR count). The van der Waals surface area contributed by atoms with Crippen LogP contribution in [0.2, 0.25) is 0 Å². The van der Waals surface area contributed by atoms with Gasteiger partial charge in [-0.3, -0.25) is 0 Å². The maximum atomic E-state index is 5.80. The van der Waals surface area contributed by atoms with Crippen molar-refractivity contribution in [1.82, 2.24) is 9.55 Å². The number of nitrogens with zero attached hydrogens (tertiary/aromatic N) is 2. The number of ether oxygens (including phenoxy) is 1. The Hall–Kier alpha value is -1.65. The summed E-state index contributed by atoms with van der Waals surface area (Å²) in [4.78, 5) is 6.04. The summed E-state index contributed by atoms with van der Waals surface area (Å²) in [5.74, 6) is 1.07. The summed E-state index contributed by atoms with van der Waals surface area (Å²) in [5.41, 5.74) is 2.26. The molecule has 1 atom stereocenters. The van der Waals surface area contributed by atoms with Crippen LogP contribution in [0.25, 0.3) is 21.7 Å². The van der Waals surface area contributed by atoms with Gasteiger partial charge in [0.1, 0.15) is 0 Å². The van der Waals surface area contributed by atoms with Crippen LogP contribution in [0.4, 0.5) is 0 Å². The Kier molecular flexibility index (Phi) is 3.05. The van der Waals surface area contributed by atoms with Gasteiger partial charge in [0.2, 0.25) is 0 Å². The van der Waals surface area contributed by atoms with Crippen LogP contribution in [-0.2, 0) is 11.3 Å². The first-order valence-corrected chi connectivity index (χ1v) is 7.90. The molecule has 0 N–H and O–H groups in total. The summed E-state index contributed by atoms with van der Waals surface area (Å²) in [6.07, 6.45) is 2.65. The molecule has 3 aromatic rings. The second-order valence-electron chi connectivity index (χ2n) is 5.15. The number of aromatic nitrogens is 2. The van der Waals surface area contributed by atoms with Crippen LogP contribution in [-0.4, -0.2) is 22.3 Å². The molecular weight excluding hydrogens is 268 g/mol. The van der Waals surface area contributed by atoms with Crippen molar-refractivity contribution in [2.24, 2.45) is 0 Å². The Bertz CT molecular complexity index is 711. The average Bonchev–Trinajstić information content (AvgIpc) is 3.19. The zero-order valence-electron chi connectivity index (χ0n) is 11.2. The van der Waals surface area contributed by atoms with E-state index in [0.29, 0.717) is 6.10 Å². The van der Waals surface area contributed by atoms with E-state index in [2.05, 4.69) is 40.3 Å². The number of hydrogen-bond donors (Lipinski definition) is 0. The lowest BCUT2D eigenvalue weighted by Gasteiger charge is -2.13. The fraction of sp³-hybridized carbons (Fsp3) is 0.312. The van der Waals surface area contributed by atoms with Gasteiger partial charge in [-0.05, 0) is 36.4 Å². The van der Waals surface area contributed by atoms with E-state index in [4.69, 9.17) is 9.72 Å². The van der Waals surface area contributed by atoms with Crippen molar-refractivity contribution in [2.45, 2.75) is 25.5 Å². The van der Waals surface area contributed by atoms with Gasteiger partial charge in [0, 0.05) is 6.61 Å². The van der Waals surface area contributed by atoms with Crippen LogP contribution < -0.4 is 0 Å². The van der Waals surface area contributed by atoms with E-state index in [1.807, 2.05) is 6.07 Å². The highest BCUT2D eigenvalue weighted by atomic mass is 32.1.